The monoisotopic (exact) mass is 415 g/mol. The topological polar surface area (TPSA) is 83.2 Å². The number of methoxy groups -OCH3 is 1. The lowest BCUT2D eigenvalue weighted by Crippen LogP contribution is -2.41. The van der Waals surface area contributed by atoms with E-state index in [9.17, 15) is 9.59 Å². The van der Waals surface area contributed by atoms with E-state index in [2.05, 4.69) is 31.8 Å². The first-order chi connectivity index (χ1) is 12.6. The van der Waals surface area contributed by atoms with Crippen molar-refractivity contribution in [2.45, 2.75) is 12.8 Å². The average molecular weight is 416 g/mol. The van der Waals surface area contributed by atoms with Crippen LogP contribution in [0.2, 0.25) is 0 Å². The number of nitrogens with one attached hydrogen (secondary N) is 3. The Hall–Kier alpha value is -2.80. The largest absolute Gasteiger partial charge is 0.496 e. The smallest absolute Gasteiger partial charge is 0.271 e. The van der Waals surface area contributed by atoms with Gasteiger partial charge in [0.2, 0.25) is 5.91 Å². The fraction of sp³-hybridized carbons (Fsp3) is 0.158. The van der Waals surface area contributed by atoms with Crippen LogP contribution in [0, 0.1) is 0 Å². The van der Waals surface area contributed by atoms with E-state index in [0.29, 0.717) is 12.0 Å². The molecule has 0 aliphatic rings. The fourth-order valence-electron chi connectivity index (χ4n) is 2.64. The number of H-pyrrole nitrogens is 1. The minimum Gasteiger partial charge on any atom is -0.496 e. The number of hydrogen-bond donors (Lipinski definition) is 3. The molecule has 0 unspecified atom stereocenters. The van der Waals surface area contributed by atoms with Crippen molar-refractivity contribution in [3.63, 3.8) is 0 Å². The van der Waals surface area contributed by atoms with Crippen LogP contribution in [0.25, 0.3) is 10.9 Å². The number of carbonyl (C=O) groups is 2. The van der Waals surface area contributed by atoms with E-state index in [1.54, 1.807) is 13.3 Å². The molecular weight excluding hydrogens is 398 g/mol. The van der Waals surface area contributed by atoms with Crippen LogP contribution in [0.4, 0.5) is 0 Å². The summed E-state index contributed by atoms with van der Waals surface area (Å²) in [5.41, 5.74) is 7.26. The van der Waals surface area contributed by atoms with Gasteiger partial charge >= 0.3 is 0 Å². The molecule has 3 rings (SSSR count). The van der Waals surface area contributed by atoms with Crippen molar-refractivity contribution in [1.29, 1.82) is 0 Å². The molecule has 26 heavy (non-hydrogen) atoms. The maximum Gasteiger partial charge on any atom is 0.271 e. The average Bonchev–Trinajstić information content (AvgIpc) is 3.08. The van der Waals surface area contributed by atoms with Crippen LogP contribution in [-0.2, 0) is 11.2 Å². The highest BCUT2D eigenvalue weighted by molar-refractivity contribution is 9.10. The van der Waals surface area contributed by atoms with E-state index in [4.69, 9.17) is 4.74 Å². The zero-order valence-corrected chi connectivity index (χ0v) is 15.7. The molecule has 0 bridgehead atoms. The summed E-state index contributed by atoms with van der Waals surface area (Å²) < 4.78 is 6.02. The van der Waals surface area contributed by atoms with Crippen molar-refractivity contribution < 1.29 is 14.3 Å². The third-order valence-electron chi connectivity index (χ3n) is 4.01. The van der Waals surface area contributed by atoms with E-state index in [0.717, 1.165) is 26.7 Å². The molecule has 0 saturated carbocycles. The number of hydrazine groups is 1. The quantitative estimate of drug-likeness (QED) is 0.558. The van der Waals surface area contributed by atoms with Gasteiger partial charge in [-0.3, -0.25) is 20.4 Å². The number of rotatable bonds is 5. The Kier molecular flexibility index (Phi) is 5.58. The number of carbonyl (C=O) groups excluding carboxylic acids is 2. The molecule has 3 N–H and O–H groups in total. The SMILES string of the molecule is COc1ccc(CCC(=O)NNC(=O)c2c[nH]c3ccccc23)cc1Br. The third-order valence-corrected chi connectivity index (χ3v) is 4.63. The van der Waals surface area contributed by atoms with Crippen molar-refractivity contribution in [1.82, 2.24) is 15.8 Å². The van der Waals surface area contributed by atoms with Crippen LogP contribution >= 0.6 is 15.9 Å². The lowest BCUT2D eigenvalue weighted by Gasteiger charge is -2.08. The number of amides is 2. The summed E-state index contributed by atoms with van der Waals surface area (Å²) in [6, 6.07) is 13.1. The van der Waals surface area contributed by atoms with Gasteiger partial charge in [0.05, 0.1) is 17.1 Å². The van der Waals surface area contributed by atoms with E-state index in [1.807, 2.05) is 42.5 Å². The second-order valence-corrected chi connectivity index (χ2v) is 6.57. The van der Waals surface area contributed by atoms with Crippen molar-refractivity contribution in [2.75, 3.05) is 7.11 Å². The Morgan fingerprint density at radius 1 is 1.15 bits per heavy atom. The summed E-state index contributed by atoms with van der Waals surface area (Å²) in [7, 11) is 1.60. The number of aromatic nitrogens is 1. The summed E-state index contributed by atoms with van der Waals surface area (Å²) in [6.45, 7) is 0. The van der Waals surface area contributed by atoms with E-state index in [-0.39, 0.29) is 18.2 Å². The number of fused-ring (bicyclic) bond motifs is 1. The second kappa shape index (κ2) is 8.05. The predicted molar refractivity (Wildman–Crippen MR) is 103 cm³/mol. The van der Waals surface area contributed by atoms with Gasteiger partial charge in [0, 0.05) is 23.5 Å². The molecule has 0 radical (unpaired) electrons. The maximum absolute atomic E-state index is 12.2. The number of hydrogen-bond acceptors (Lipinski definition) is 3. The molecule has 3 aromatic rings. The first-order valence-electron chi connectivity index (χ1n) is 8.06. The molecule has 1 heterocycles. The van der Waals surface area contributed by atoms with Gasteiger partial charge in [0.25, 0.3) is 5.91 Å². The highest BCUT2D eigenvalue weighted by atomic mass is 79.9. The Labute approximate surface area is 159 Å². The predicted octanol–water partition coefficient (Wildman–Crippen LogP) is 3.33. The summed E-state index contributed by atoms with van der Waals surface area (Å²) in [4.78, 5) is 27.3. The lowest BCUT2D eigenvalue weighted by atomic mass is 10.1. The van der Waals surface area contributed by atoms with Gasteiger partial charge in [-0.25, -0.2) is 0 Å². The first-order valence-corrected chi connectivity index (χ1v) is 8.85. The third kappa shape index (κ3) is 4.05. The molecule has 134 valence electrons. The van der Waals surface area contributed by atoms with E-state index < -0.39 is 0 Å². The normalized spacial score (nSPS) is 10.5. The van der Waals surface area contributed by atoms with Crippen LogP contribution in [0.3, 0.4) is 0 Å². The van der Waals surface area contributed by atoms with Gasteiger partial charge in [-0.1, -0.05) is 24.3 Å². The Morgan fingerprint density at radius 2 is 1.96 bits per heavy atom. The summed E-state index contributed by atoms with van der Waals surface area (Å²) in [5, 5.41) is 0.808. The minimum atomic E-state index is -0.358. The summed E-state index contributed by atoms with van der Waals surface area (Å²) >= 11 is 3.42. The zero-order chi connectivity index (χ0) is 18.5. The van der Waals surface area contributed by atoms with Crippen LogP contribution in [0.1, 0.15) is 22.3 Å². The van der Waals surface area contributed by atoms with Gasteiger partial charge < -0.3 is 9.72 Å². The number of aryl methyl sites for hydroxylation is 1. The molecule has 0 fully saturated rings. The number of aromatic amines is 1. The van der Waals surface area contributed by atoms with Crippen LogP contribution in [0.15, 0.2) is 53.1 Å². The molecular formula is C19H18BrN3O3. The van der Waals surface area contributed by atoms with Crippen molar-refractivity contribution >= 4 is 38.6 Å². The highest BCUT2D eigenvalue weighted by Gasteiger charge is 2.12. The number of para-hydroxylation sites is 1. The Morgan fingerprint density at radius 3 is 2.73 bits per heavy atom. The van der Waals surface area contributed by atoms with Crippen molar-refractivity contribution in [2.24, 2.45) is 0 Å². The van der Waals surface area contributed by atoms with E-state index >= 15 is 0 Å². The Bertz CT molecular complexity index is 952. The van der Waals surface area contributed by atoms with E-state index in [1.165, 1.54) is 0 Å². The zero-order valence-electron chi connectivity index (χ0n) is 14.1. The number of ether oxygens (including phenoxy) is 1. The van der Waals surface area contributed by atoms with Gasteiger partial charge in [-0.15, -0.1) is 0 Å². The molecule has 1 aromatic heterocycles. The molecule has 2 amide bonds. The second-order valence-electron chi connectivity index (χ2n) is 5.72. The standard InChI is InChI=1S/C19H18BrN3O3/c1-26-17-8-6-12(10-15(17)20)7-9-18(24)22-23-19(25)14-11-21-16-5-3-2-4-13(14)16/h2-6,8,10-11,21H,7,9H2,1H3,(H,22,24)(H,23,25). The maximum atomic E-state index is 12.2. The molecule has 2 aromatic carbocycles. The summed E-state index contributed by atoms with van der Waals surface area (Å²) in [5.74, 6) is 0.123. The van der Waals surface area contributed by atoms with Gasteiger partial charge in [-0.05, 0) is 46.1 Å². The molecule has 7 heteroatoms. The first kappa shape index (κ1) is 18.0. The van der Waals surface area contributed by atoms with Crippen molar-refractivity contribution in [3.8, 4) is 5.75 Å². The number of halogens is 1. The Balaban J connectivity index is 1.52. The summed E-state index contributed by atoms with van der Waals surface area (Å²) in [6.07, 6.45) is 2.44. The van der Waals surface area contributed by atoms with Crippen LogP contribution < -0.4 is 15.6 Å². The molecule has 6 nitrogen and oxygen atoms in total. The molecule has 0 aliphatic heterocycles. The van der Waals surface area contributed by atoms with Gasteiger partial charge in [0.15, 0.2) is 0 Å². The van der Waals surface area contributed by atoms with Crippen molar-refractivity contribution in [3.05, 3.63) is 64.3 Å². The fourth-order valence-corrected chi connectivity index (χ4v) is 3.23. The molecule has 0 spiro atoms. The molecule has 0 atom stereocenters. The highest BCUT2D eigenvalue weighted by Crippen LogP contribution is 2.25. The minimum absolute atomic E-state index is 0.257. The lowest BCUT2D eigenvalue weighted by molar-refractivity contribution is -0.121. The molecule has 0 saturated heterocycles. The van der Waals surface area contributed by atoms with Gasteiger partial charge in [0.1, 0.15) is 5.75 Å². The van der Waals surface area contributed by atoms with Gasteiger partial charge in [-0.2, -0.15) is 0 Å². The number of benzene rings is 2. The van der Waals surface area contributed by atoms with Crippen LogP contribution in [0.5, 0.6) is 5.75 Å². The van der Waals surface area contributed by atoms with Crippen LogP contribution in [-0.4, -0.2) is 23.9 Å². The molecule has 0 aliphatic carbocycles.